The van der Waals surface area contributed by atoms with Gasteiger partial charge >= 0.3 is 0 Å². The molecule has 0 fully saturated rings. The van der Waals surface area contributed by atoms with Gasteiger partial charge in [0.05, 0.1) is 23.5 Å². The molecule has 0 saturated carbocycles. The number of hydrogen-bond donors (Lipinski definition) is 2. The van der Waals surface area contributed by atoms with E-state index in [4.69, 9.17) is 17.3 Å². The van der Waals surface area contributed by atoms with Gasteiger partial charge in [-0.3, -0.25) is 9.59 Å². The van der Waals surface area contributed by atoms with Crippen molar-refractivity contribution in [1.82, 2.24) is 9.78 Å². The molecule has 6 nitrogen and oxygen atoms in total. The second-order valence-corrected chi connectivity index (χ2v) is 7.02. The number of rotatable bonds is 6. The van der Waals surface area contributed by atoms with Crippen LogP contribution in [0.15, 0.2) is 54.6 Å². The van der Waals surface area contributed by atoms with E-state index >= 15 is 0 Å². The van der Waals surface area contributed by atoms with E-state index in [1.54, 1.807) is 35.0 Å². The summed E-state index contributed by atoms with van der Waals surface area (Å²) in [6.07, 6.45) is 2.96. The number of carbonyl (C=O) groups excluding carboxylic acids is 2. The summed E-state index contributed by atoms with van der Waals surface area (Å²) in [7, 11) is 0. The molecule has 29 heavy (non-hydrogen) atoms. The molecule has 3 rings (SSSR count). The molecule has 0 atom stereocenters. The zero-order valence-corrected chi connectivity index (χ0v) is 16.9. The Hall–Kier alpha value is -3.38. The first kappa shape index (κ1) is 20.4. The van der Waals surface area contributed by atoms with Crippen molar-refractivity contribution < 1.29 is 9.59 Å². The number of para-hydroxylation sites is 1. The van der Waals surface area contributed by atoms with E-state index in [1.165, 1.54) is 11.6 Å². The van der Waals surface area contributed by atoms with Crippen molar-refractivity contribution >= 4 is 35.2 Å². The summed E-state index contributed by atoms with van der Waals surface area (Å²) in [5, 5.41) is 7.57. The van der Waals surface area contributed by atoms with Gasteiger partial charge in [-0.1, -0.05) is 53.6 Å². The summed E-state index contributed by atoms with van der Waals surface area (Å²) < 4.78 is 1.70. The quantitative estimate of drug-likeness (QED) is 0.605. The highest BCUT2D eigenvalue weighted by Gasteiger charge is 2.13. The van der Waals surface area contributed by atoms with Crippen molar-refractivity contribution in [3.8, 4) is 0 Å². The molecule has 0 radical (unpaired) electrons. The van der Waals surface area contributed by atoms with Crippen LogP contribution in [0.5, 0.6) is 0 Å². The minimum atomic E-state index is -0.610. The number of aromatic nitrogens is 2. The molecular weight excluding hydrogens is 388 g/mol. The Balaban J connectivity index is 1.75. The maximum Gasteiger partial charge on any atom is 0.250 e. The highest BCUT2D eigenvalue weighted by molar-refractivity contribution is 6.31. The van der Waals surface area contributed by atoms with Crippen molar-refractivity contribution in [2.24, 2.45) is 5.73 Å². The number of nitrogens with two attached hydrogens (primary N) is 1. The fourth-order valence-corrected chi connectivity index (χ4v) is 3.17. The number of anilines is 1. The number of halogens is 1. The zero-order chi connectivity index (χ0) is 21.0. The number of nitrogens with one attached hydrogen (secondary N) is 1. The molecule has 148 valence electrons. The van der Waals surface area contributed by atoms with E-state index in [-0.39, 0.29) is 5.56 Å². The topological polar surface area (TPSA) is 90.0 Å². The lowest BCUT2D eigenvalue weighted by molar-refractivity contribution is -0.111. The van der Waals surface area contributed by atoms with Crippen LogP contribution in [0.1, 0.15) is 32.7 Å². The summed E-state index contributed by atoms with van der Waals surface area (Å²) in [5.74, 6) is -1.01. The van der Waals surface area contributed by atoms with E-state index in [1.807, 2.05) is 38.1 Å². The number of amides is 2. The standard InChI is InChI=1S/C22H21ClN4O2/c1-14-7-9-16(10-8-14)13-27-21(23)17(15(2)26-27)11-12-20(28)25-19-6-4-3-5-18(19)22(24)29/h3-12H,13H2,1-2H3,(H2,24,29)(H,25,28)/b12-11+. The van der Waals surface area contributed by atoms with Crippen molar-refractivity contribution in [3.05, 3.63) is 87.7 Å². The summed E-state index contributed by atoms with van der Waals surface area (Å²) >= 11 is 6.48. The van der Waals surface area contributed by atoms with Gasteiger partial charge in [0.15, 0.2) is 0 Å². The molecule has 2 amide bonds. The van der Waals surface area contributed by atoms with Crippen LogP contribution in [0.25, 0.3) is 6.08 Å². The van der Waals surface area contributed by atoms with Crippen LogP contribution in [-0.4, -0.2) is 21.6 Å². The van der Waals surface area contributed by atoms with Gasteiger partial charge < -0.3 is 11.1 Å². The van der Waals surface area contributed by atoms with Gasteiger partial charge in [-0.05, 0) is 37.6 Å². The van der Waals surface area contributed by atoms with Crippen LogP contribution < -0.4 is 11.1 Å². The van der Waals surface area contributed by atoms with Gasteiger partial charge in [0, 0.05) is 11.6 Å². The Labute approximate surface area is 174 Å². The molecule has 0 aliphatic heterocycles. The average Bonchev–Trinajstić information content (AvgIpc) is 2.95. The number of primary amides is 1. The Morgan fingerprint density at radius 2 is 1.83 bits per heavy atom. The highest BCUT2D eigenvalue weighted by Crippen LogP contribution is 2.23. The molecule has 0 bridgehead atoms. The molecule has 2 aromatic carbocycles. The molecule has 1 aromatic heterocycles. The molecule has 0 saturated heterocycles. The predicted octanol–water partition coefficient (Wildman–Crippen LogP) is 3.95. The van der Waals surface area contributed by atoms with Gasteiger partial charge in [-0.2, -0.15) is 5.10 Å². The fraction of sp³-hybridized carbons (Fsp3) is 0.136. The Bertz CT molecular complexity index is 1080. The molecule has 3 aromatic rings. The van der Waals surface area contributed by atoms with Crippen molar-refractivity contribution in [1.29, 1.82) is 0 Å². The van der Waals surface area contributed by atoms with Crippen LogP contribution >= 0.6 is 11.6 Å². The zero-order valence-electron chi connectivity index (χ0n) is 16.1. The first-order chi connectivity index (χ1) is 13.8. The number of carbonyl (C=O) groups is 2. The molecular formula is C22H21ClN4O2. The fourth-order valence-electron chi connectivity index (χ4n) is 2.87. The van der Waals surface area contributed by atoms with E-state index < -0.39 is 11.8 Å². The van der Waals surface area contributed by atoms with Crippen molar-refractivity contribution in [2.45, 2.75) is 20.4 Å². The number of hydrogen-bond acceptors (Lipinski definition) is 3. The highest BCUT2D eigenvalue weighted by atomic mass is 35.5. The molecule has 0 unspecified atom stereocenters. The Morgan fingerprint density at radius 1 is 1.14 bits per heavy atom. The van der Waals surface area contributed by atoms with Crippen molar-refractivity contribution in [2.75, 3.05) is 5.32 Å². The molecule has 3 N–H and O–H groups in total. The normalized spacial score (nSPS) is 11.0. The summed E-state index contributed by atoms with van der Waals surface area (Å²) in [4.78, 5) is 23.8. The summed E-state index contributed by atoms with van der Waals surface area (Å²) in [6, 6.07) is 14.7. The minimum absolute atomic E-state index is 0.245. The average molecular weight is 409 g/mol. The van der Waals surface area contributed by atoms with Gasteiger partial charge in [0.1, 0.15) is 5.15 Å². The van der Waals surface area contributed by atoms with Crippen LogP contribution in [0.4, 0.5) is 5.69 Å². The van der Waals surface area contributed by atoms with Gasteiger partial charge in [0.25, 0.3) is 5.91 Å². The van der Waals surface area contributed by atoms with E-state index in [0.717, 1.165) is 5.56 Å². The van der Waals surface area contributed by atoms with Gasteiger partial charge in [0.2, 0.25) is 5.91 Å². The molecule has 0 aliphatic rings. The van der Waals surface area contributed by atoms with Crippen LogP contribution in [0.3, 0.4) is 0 Å². The smallest absolute Gasteiger partial charge is 0.250 e. The Kier molecular flexibility index (Phi) is 6.14. The lowest BCUT2D eigenvalue weighted by atomic mass is 10.1. The molecule has 7 heteroatoms. The monoisotopic (exact) mass is 408 g/mol. The first-order valence-corrected chi connectivity index (χ1v) is 9.39. The maximum absolute atomic E-state index is 12.3. The van der Waals surface area contributed by atoms with Crippen LogP contribution in [-0.2, 0) is 11.3 Å². The SMILES string of the molecule is Cc1ccc(Cn2nc(C)c(/C=C/C(=O)Nc3ccccc3C(N)=O)c2Cl)cc1. The summed E-state index contributed by atoms with van der Waals surface area (Å²) in [6.45, 7) is 4.40. The number of benzene rings is 2. The van der Waals surface area contributed by atoms with Crippen LogP contribution in [0.2, 0.25) is 5.15 Å². The van der Waals surface area contributed by atoms with Gasteiger partial charge in [-0.15, -0.1) is 0 Å². The third-order valence-corrected chi connectivity index (χ3v) is 4.81. The summed E-state index contributed by atoms with van der Waals surface area (Å²) in [5.41, 5.74) is 9.57. The van der Waals surface area contributed by atoms with E-state index in [2.05, 4.69) is 10.4 Å². The molecule has 0 aliphatic carbocycles. The van der Waals surface area contributed by atoms with Crippen molar-refractivity contribution in [3.63, 3.8) is 0 Å². The van der Waals surface area contributed by atoms with E-state index in [0.29, 0.717) is 28.6 Å². The third kappa shape index (κ3) is 4.92. The molecule has 1 heterocycles. The van der Waals surface area contributed by atoms with E-state index in [9.17, 15) is 9.59 Å². The lowest BCUT2D eigenvalue weighted by Gasteiger charge is -2.06. The molecule has 0 spiro atoms. The maximum atomic E-state index is 12.3. The van der Waals surface area contributed by atoms with Crippen LogP contribution in [0, 0.1) is 13.8 Å². The lowest BCUT2D eigenvalue weighted by Crippen LogP contribution is -2.16. The third-order valence-electron chi connectivity index (χ3n) is 4.41. The largest absolute Gasteiger partial charge is 0.366 e. The minimum Gasteiger partial charge on any atom is -0.366 e. The second-order valence-electron chi connectivity index (χ2n) is 6.67. The second kappa shape index (κ2) is 8.75. The van der Waals surface area contributed by atoms with Gasteiger partial charge in [-0.25, -0.2) is 4.68 Å². The predicted molar refractivity (Wildman–Crippen MR) is 115 cm³/mol. The first-order valence-electron chi connectivity index (χ1n) is 9.01. The number of nitrogens with zero attached hydrogens (tertiary/aromatic N) is 2. The Morgan fingerprint density at radius 3 is 2.52 bits per heavy atom. The number of aryl methyl sites for hydroxylation is 2.